The third-order valence-corrected chi connectivity index (χ3v) is 5.95. The van der Waals surface area contributed by atoms with Gasteiger partial charge in [-0.25, -0.2) is 14.1 Å². The van der Waals surface area contributed by atoms with Gasteiger partial charge in [0.15, 0.2) is 11.6 Å². The fourth-order valence-corrected chi connectivity index (χ4v) is 4.50. The highest BCUT2D eigenvalue weighted by atomic mass is 32.1. The summed E-state index contributed by atoms with van der Waals surface area (Å²) in [4.78, 5) is 4.32. The predicted octanol–water partition coefficient (Wildman–Crippen LogP) is 4.25. The maximum atomic E-state index is 14.1. The summed E-state index contributed by atoms with van der Waals surface area (Å²) in [5.41, 5.74) is 11.9. The van der Waals surface area contributed by atoms with Crippen molar-refractivity contribution in [2.24, 2.45) is 0 Å². The maximum absolute atomic E-state index is 14.1. The lowest BCUT2D eigenvalue weighted by atomic mass is 9.95. The van der Waals surface area contributed by atoms with Gasteiger partial charge in [0.25, 0.3) is 0 Å². The fourth-order valence-electron chi connectivity index (χ4n) is 3.81. The number of ether oxygens (including phenoxy) is 1. The molecule has 0 amide bonds. The second-order valence-electron chi connectivity index (χ2n) is 7.16. The first kappa shape index (κ1) is 18.7. The third kappa shape index (κ3) is 3.02. The molecule has 1 aliphatic heterocycles. The zero-order valence-corrected chi connectivity index (χ0v) is 17.3. The Morgan fingerprint density at radius 3 is 3.03 bits per heavy atom. The van der Waals surface area contributed by atoms with Crippen molar-refractivity contribution >= 4 is 17.4 Å². The van der Waals surface area contributed by atoms with Gasteiger partial charge in [0.05, 0.1) is 17.1 Å². The largest absolute Gasteiger partial charge is 0.482 e. The number of halogens is 1. The molecule has 0 spiro atoms. The van der Waals surface area contributed by atoms with E-state index >= 15 is 0 Å². The highest BCUT2D eigenvalue weighted by Gasteiger charge is 2.24. The monoisotopic (exact) mass is 422 g/mol. The van der Waals surface area contributed by atoms with E-state index in [1.807, 2.05) is 30.0 Å². The second-order valence-corrected chi connectivity index (χ2v) is 7.79. The molecular formula is C21H19FN6OS. The molecule has 1 aliphatic rings. The number of anilines is 1. The molecule has 0 radical (unpaired) electrons. The lowest BCUT2D eigenvalue weighted by Crippen LogP contribution is -2.10. The predicted molar refractivity (Wildman–Crippen MR) is 113 cm³/mol. The Hall–Kier alpha value is -3.33. The average Bonchev–Trinajstić information content (AvgIpc) is 3.36. The summed E-state index contributed by atoms with van der Waals surface area (Å²) in [6, 6.07) is 6.52. The van der Waals surface area contributed by atoms with E-state index < -0.39 is 6.10 Å². The zero-order chi connectivity index (χ0) is 20.8. The summed E-state index contributed by atoms with van der Waals surface area (Å²) in [6.07, 6.45) is 1.79. The Morgan fingerprint density at radius 1 is 1.33 bits per heavy atom. The molecule has 2 bridgehead atoms. The first-order valence-corrected chi connectivity index (χ1v) is 10.5. The third-order valence-electron chi connectivity index (χ3n) is 5.27. The number of aromatic nitrogens is 5. The van der Waals surface area contributed by atoms with Crippen molar-refractivity contribution < 1.29 is 9.13 Å². The van der Waals surface area contributed by atoms with Crippen LogP contribution in [-0.4, -0.2) is 24.4 Å². The van der Waals surface area contributed by atoms with E-state index in [0.717, 1.165) is 33.8 Å². The van der Waals surface area contributed by atoms with Crippen molar-refractivity contribution in [1.29, 1.82) is 0 Å². The van der Waals surface area contributed by atoms with E-state index in [-0.39, 0.29) is 11.6 Å². The minimum absolute atomic E-state index is 0.270. The van der Waals surface area contributed by atoms with Crippen LogP contribution >= 0.6 is 11.5 Å². The summed E-state index contributed by atoms with van der Waals surface area (Å²) in [5, 5.41) is 10.7. The van der Waals surface area contributed by atoms with Crippen LogP contribution in [0.1, 0.15) is 36.8 Å². The number of aryl methyl sites for hydroxylation is 1. The minimum Gasteiger partial charge on any atom is -0.482 e. The second kappa shape index (κ2) is 7.17. The SMILES string of the molecule is CCn1nnc2c1-c1cnc(N)c(c1)O[C@H](C)c1cc(F)ccc1-c1nscc1C2. The number of nitrogens with zero attached hydrogens (tertiary/aromatic N) is 5. The quantitative estimate of drug-likeness (QED) is 0.493. The number of pyridine rings is 1. The molecule has 30 heavy (non-hydrogen) atoms. The Balaban J connectivity index is 1.79. The van der Waals surface area contributed by atoms with Crippen LogP contribution in [0.3, 0.4) is 0 Å². The van der Waals surface area contributed by atoms with Gasteiger partial charge >= 0.3 is 0 Å². The topological polar surface area (TPSA) is 91.7 Å². The Bertz CT molecular complexity index is 1250. The van der Waals surface area contributed by atoms with E-state index in [0.29, 0.717) is 24.3 Å². The van der Waals surface area contributed by atoms with E-state index in [9.17, 15) is 4.39 Å². The summed E-state index contributed by atoms with van der Waals surface area (Å²) < 4.78 is 26.7. The minimum atomic E-state index is -0.460. The molecular weight excluding hydrogens is 403 g/mol. The van der Waals surface area contributed by atoms with E-state index in [2.05, 4.69) is 19.7 Å². The van der Waals surface area contributed by atoms with Crippen molar-refractivity contribution in [3.05, 3.63) is 58.5 Å². The van der Waals surface area contributed by atoms with Crippen molar-refractivity contribution in [2.75, 3.05) is 5.73 Å². The van der Waals surface area contributed by atoms with Crippen LogP contribution in [0.15, 0.2) is 35.8 Å². The van der Waals surface area contributed by atoms with Crippen LogP contribution < -0.4 is 10.5 Å². The standard InChI is InChI=1S/C21H19FN6OS/c1-3-28-20-12-7-18(21(23)24-9-12)29-11(2)16-8-14(22)4-5-15(16)19-13(10-30-26-19)6-17(20)25-27-28/h4-5,7-11H,3,6H2,1-2H3,(H2,23,24)/t11-/m1/s1. The van der Waals surface area contributed by atoms with Crippen LogP contribution in [0.5, 0.6) is 5.75 Å². The van der Waals surface area contributed by atoms with E-state index in [1.54, 1.807) is 12.3 Å². The maximum Gasteiger partial charge on any atom is 0.166 e. The number of hydrogen-bond acceptors (Lipinski definition) is 7. The van der Waals surface area contributed by atoms with Gasteiger partial charge in [-0.15, -0.1) is 5.10 Å². The molecule has 2 N–H and O–H groups in total. The molecule has 0 saturated carbocycles. The van der Waals surface area contributed by atoms with Crippen molar-refractivity contribution in [1.82, 2.24) is 24.4 Å². The van der Waals surface area contributed by atoms with Gasteiger partial charge in [-0.1, -0.05) is 5.21 Å². The van der Waals surface area contributed by atoms with Gasteiger partial charge < -0.3 is 10.5 Å². The van der Waals surface area contributed by atoms with Gasteiger partial charge in [-0.3, -0.25) is 0 Å². The van der Waals surface area contributed by atoms with Crippen molar-refractivity contribution in [3.8, 4) is 28.3 Å². The summed E-state index contributed by atoms with van der Waals surface area (Å²) in [7, 11) is 0. The van der Waals surface area contributed by atoms with Crippen LogP contribution in [0.25, 0.3) is 22.5 Å². The normalized spacial score (nSPS) is 15.2. The number of rotatable bonds is 1. The summed E-state index contributed by atoms with van der Waals surface area (Å²) >= 11 is 1.36. The van der Waals surface area contributed by atoms with Crippen molar-refractivity contribution in [3.63, 3.8) is 0 Å². The molecule has 152 valence electrons. The number of fused-ring (bicyclic) bond motifs is 7. The lowest BCUT2D eigenvalue weighted by Gasteiger charge is -2.20. The Morgan fingerprint density at radius 2 is 2.20 bits per heavy atom. The average molecular weight is 422 g/mol. The molecule has 1 aromatic carbocycles. The molecule has 1 atom stereocenters. The lowest BCUT2D eigenvalue weighted by molar-refractivity contribution is 0.227. The van der Waals surface area contributed by atoms with E-state index in [4.69, 9.17) is 10.5 Å². The molecule has 9 heteroatoms. The zero-order valence-electron chi connectivity index (χ0n) is 16.5. The first-order valence-electron chi connectivity index (χ1n) is 9.63. The Labute approximate surface area is 176 Å². The first-order chi connectivity index (χ1) is 14.5. The highest BCUT2D eigenvalue weighted by molar-refractivity contribution is 7.04. The number of nitrogens with two attached hydrogens (primary N) is 1. The highest BCUT2D eigenvalue weighted by Crippen LogP contribution is 2.38. The molecule has 4 aromatic rings. The Kier molecular flexibility index (Phi) is 4.47. The van der Waals surface area contributed by atoms with Gasteiger partial charge in [-0.05, 0) is 55.2 Å². The number of benzene rings is 1. The summed E-state index contributed by atoms with van der Waals surface area (Å²) in [6.45, 7) is 4.54. The van der Waals surface area contributed by atoms with Gasteiger partial charge in [0, 0.05) is 41.2 Å². The molecule has 0 unspecified atom stereocenters. The van der Waals surface area contributed by atoms with Crippen LogP contribution in [0.4, 0.5) is 10.2 Å². The molecule has 7 nitrogen and oxygen atoms in total. The number of hydrogen-bond donors (Lipinski definition) is 1. The molecule has 0 aliphatic carbocycles. The van der Waals surface area contributed by atoms with Crippen LogP contribution in [-0.2, 0) is 13.0 Å². The molecule has 0 saturated heterocycles. The van der Waals surface area contributed by atoms with Gasteiger partial charge in [0.1, 0.15) is 11.9 Å². The number of nitrogen functional groups attached to an aromatic ring is 1. The summed E-state index contributed by atoms with van der Waals surface area (Å²) in [5.74, 6) is 0.372. The smallest absolute Gasteiger partial charge is 0.166 e. The van der Waals surface area contributed by atoms with Crippen LogP contribution in [0.2, 0.25) is 0 Å². The fraction of sp³-hybridized carbons (Fsp3) is 0.238. The molecule has 4 heterocycles. The molecule has 3 aromatic heterocycles. The van der Waals surface area contributed by atoms with Crippen molar-refractivity contribution in [2.45, 2.75) is 32.9 Å². The van der Waals surface area contributed by atoms with E-state index in [1.165, 1.54) is 23.7 Å². The molecule has 5 rings (SSSR count). The van der Waals surface area contributed by atoms with Gasteiger partial charge in [0.2, 0.25) is 0 Å². The molecule has 0 fully saturated rings. The van der Waals surface area contributed by atoms with Crippen LogP contribution in [0, 0.1) is 5.82 Å². The van der Waals surface area contributed by atoms with Gasteiger partial charge in [-0.2, -0.15) is 4.37 Å².